The van der Waals surface area contributed by atoms with Gasteiger partial charge in [-0.15, -0.1) is 0 Å². The van der Waals surface area contributed by atoms with Crippen LogP contribution in [0.25, 0.3) is 0 Å². The number of hydrogen-bond donors (Lipinski definition) is 1. The fourth-order valence-corrected chi connectivity index (χ4v) is 1.85. The molecule has 0 aliphatic heterocycles. The van der Waals surface area contributed by atoms with Crippen molar-refractivity contribution in [2.24, 2.45) is 0 Å². The first-order chi connectivity index (χ1) is 8.54. The first kappa shape index (κ1) is 15.0. The van der Waals surface area contributed by atoms with Crippen molar-refractivity contribution in [2.75, 3.05) is 13.2 Å². The molecule has 0 aromatic heterocycles. The first-order valence-corrected chi connectivity index (χ1v) is 7.01. The molecule has 0 amide bonds. The minimum absolute atomic E-state index is 0.503. The van der Waals surface area contributed by atoms with Crippen molar-refractivity contribution in [3.8, 4) is 5.75 Å². The molecule has 0 bridgehead atoms. The van der Waals surface area contributed by atoms with Gasteiger partial charge in [-0.25, -0.2) is 0 Å². The molecule has 0 saturated heterocycles. The van der Waals surface area contributed by atoms with Crippen LogP contribution in [0, 0.1) is 6.92 Å². The van der Waals surface area contributed by atoms with E-state index in [2.05, 4.69) is 58.1 Å². The molecule has 0 fully saturated rings. The number of nitrogens with one attached hydrogen (secondary N) is 1. The molecular weight excluding hydrogens is 222 g/mol. The molecule has 0 aliphatic carbocycles. The van der Waals surface area contributed by atoms with E-state index < -0.39 is 0 Å². The third-order valence-corrected chi connectivity index (χ3v) is 3.26. The first-order valence-electron chi connectivity index (χ1n) is 7.01. The van der Waals surface area contributed by atoms with Crippen LogP contribution in [0.1, 0.15) is 51.2 Å². The van der Waals surface area contributed by atoms with Gasteiger partial charge in [-0.1, -0.05) is 32.9 Å². The summed E-state index contributed by atoms with van der Waals surface area (Å²) in [6, 6.07) is 7.03. The molecule has 1 aromatic carbocycles. The van der Waals surface area contributed by atoms with Gasteiger partial charge in [0.2, 0.25) is 0 Å². The van der Waals surface area contributed by atoms with Gasteiger partial charge >= 0.3 is 0 Å². The van der Waals surface area contributed by atoms with Crippen molar-refractivity contribution in [1.82, 2.24) is 5.32 Å². The quantitative estimate of drug-likeness (QED) is 0.740. The van der Waals surface area contributed by atoms with Crippen LogP contribution in [0.5, 0.6) is 5.75 Å². The summed E-state index contributed by atoms with van der Waals surface area (Å²) >= 11 is 0. The molecule has 102 valence electrons. The molecule has 18 heavy (non-hydrogen) atoms. The van der Waals surface area contributed by atoms with E-state index >= 15 is 0 Å². The van der Waals surface area contributed by atoms with E-state index in [9.17, 15) is 0 Å². The summed E-state index contributed by atoms with van der Waals surface area (Å²) < 4.78 is 5.91. The van der Waals surface area contributed by atoms with Crippen molar-refractivity contribution in [2.45, 2.75) is 53.0 Å². The second-order valence-corrected chi connectivity index (χ2v) is 5.31. The summed E-state index contributed by atoms with van der Waals surface area (Å²) in [6.07, 6.45) is 1.15. The van der Waals surface area contributed by atoms with Crippen LogP contribution in [0.3, 0.4) is 0 Å². The van der Waals surface area contributed by atoms with E-state index in [0.29, 0.717) is 12.0 Å². The summed E-state index contributed by atoms with van der Waals surface area (Å²) in [7, 11) is 0. The van der Waals surface area contributed by atoms with Gasteiger partial charge in [0.25, 0.3) is 0 Å². The highest BCUT2D eigenvalue weighted by atomic mass is 16.5. The number of rotatable bonds is 7. The molecule has 1 atom stereocenters. The Bertz CT molecular complexity index is 360. The number of hydrogen-bond acceptors (Lipinski definition) is 2. The zero-order valence-corrected chi connectivity index (χ0v) is 12.4. The molecule has 0 unspecified atom stereocenters. The maximum absolute atomic E-state index is 5.91. The van der Waals surface area contributed by atoms with Crippen LogP contribution >= 0.6 is 0 Å². The van der Waals surface area contributed by atoms with E-state index in [0.717, 1.165) is 25.3 Å². The average Bonchev–Trinajstić information content (AvgIpc) is 2.34. The highest BCUT2D eigenvalue weighted by Crippen LogP contribution is 2.27. The predicted molar refractivity (Wildman–Crippen MR) is 78.5 cm³/mol. The Balaban J connectivity index is 2.53. The minimum atomic E-state index is 0.503. The Hall–Kier alpha value is -1.02. The van der Waals surface area contributed by atoms with Gasteiger partial charge in [0.15, 0.2) is 0 Å². The lowest BCUT2D eigenvalue weighted by molar-refractivity contribution is 0.302. The van der Waals surface area contributed by atoms with Crippen molar-refractivity contribution < 1.29 is 4.74 Å². The molecule has 1 aromatic rings. The zero-order valence-electron chi connectivity index (χ0n) is 12.4. The van der Waals surface area contributed by atoms with Gasteiger partial charge in [-0.2, -0.15) is 0 Å². The number of ether oxygens (including phenoxy) is 1. The molecule has 0 spiro atoms. The van der Waals surface area contributed by atoms with Gasteiger partial charge in [0, 0.05) is 12.6 Å². The fraction of sp³-hybridized carbons (Fsp3) is 0.625. The van der Waals surface area contributed by atoms with Crippen molar-refractivity contribution in [1.29, 1.82) is 0 Å². The second kappa shape index (κ2) is 7.42. The Labute approximate surface area is 112 Å². The standard InChI is InChI=1S/C16H27NO/c1-6-14(5)17-9-10-18-16-11-13(4)7-8-15(16)12(2)3/h7-8,11-12,14,17H,6,9-10H2,1-5H3/t14-/m1/s1. The summed E-state index contributed by atoms with van der Waals surface area (Å²) in [5.41, 5.74) is 2.55. The molecular formula is C16H27NO. The molecule has 1 N–H and O–H groups in total. The van der Waals surface area contributed by atoms with Gasteiger partial charge in [0.1, 0.15) is 12.4 Å². The normalized spacial score (nSPS) is 12.8. The molecule has 2 heteroatoms. The number of aryl methyl sites for hydroxylation is 1. The van der Waals surface area contributed by atoms with Gasteiger partial charge in [0.05, 0.1) is 0 Å². The van der Waals surface area contributed by atoms with E-state index in [4.69, 9.17) is 4.74 Å². The van der Waals surface area contributed by atoms with Crippen molar-refractivity contribution >= 4 is 0 Å². The van der Waals surface area contributed by atoms with Crippen LogP contribution in [0.4, 0.5) is 0 Å². The smallest absolute Gasteiger partial charge is 0.123 e. The van der Waals surface area contributed by atoms with Crippen molar-refractivity contribution in [3.05, 3.63) is 29.3 Å². The molecule has 0 radical (unpaired) electrons. The number of benzene rings is 1. The van der Waals surface area contributed by atoms with Crippen LogP contribution in [-0.4, -0.2) is 19.2 Å². The highest BCUT2D eigenvalue weighted by molar-refractivity contribution is 5.39. The van der Waals surface area contributed by atoms with E-state index in [-0.39, 0.29) is 0 Å². The van der Waals surface area contributed by atoms with Crippen LogP contribution in [-0.2, 0) is 0 Å². The van der Waals surface area contributed by atoms with E-state index in [1.165, 1.54) is 11.1 Å². The lowest BCUT2D eigenvalue weighted by Gasteiger charge is -2.16. The summed E-state index contributed by atoms with van der Waals surface area (Å²) in [5.74, 6) is 1.54. The lowest BCUT2D eigenvalue weighted by Crippen LogP contribution is -2.29. The predicted octanol–water partition coefficient (Wildman–Crippen LogP) is 3.89. The fourth-order valence-electron chi connectivity index (χ4n) is 1.85. The Kier molecular flexibility index (Phi) is 6.20. The Morgan fingerprint density at radius 2 is 1.94 bits per heavy atom. The molecule has 0 heterocycles. The molecule has 0 aliphatic rings. The topological polar surface area (TPSA) is 21.3 Å². The summed E-state index contributed by atoms with van der Waals surface area (Å²) in [4.78, 5) is 0. The minimum Gasteiger partial charge on any atom is -0.492 e. The molecule has 0 saturated carbocycles. The average molecular weight is 249 g/mol. The van der Waals surface area contributed by atoms with E-state index in [1.54, 1.807) is 0 Å². The monoisotopic (exact) mass is 249 g/mol. The third-order valence-electron chi connectivity index (χ3n) is 3.26. The highest BCUT2D eigenvalue weighted by Gasteiger charge is 2.08. The SMILES string of the molecule is CC[C@@H](C)NCCOc1cc(C)ccc1C(C)C. The maximum atomic E-state index is 5.91. The Morgan fingerprint density at radius 1 is 1.22 bits per heavy atom. The van der Waals surface area contributed by atoms with Gasteiger partial charge in [-0.05, 0) is 43.4 Å². The zero-order chi connectivity index (χ0) is 13.5. The van der Waals surface area contributed by atoms with Crippen molar-refractivity contribution in [3.63, 3.8) is 0 Å². The summed E-state index contributed by atoms with van der Waals surface area (Å²) in [6.45, 7) is 12.5. The Morgan fingerprint density at radius 3 is 2.56 bits per heavy atom. The largest absolute Gasteiger partial charge is 0.492 e. The van der Waals surface area contributed by atoms with Crippen LogP contribution in [0.15, 0.2) is 18.2 Å². The third kappa shape index (κ3) is 4.69. The van der Waals surface area contributed by atoms with Gasteiger partial charge in [-0.3, -0.25) is 0 Å². The second-order valence-electron chi connectivity index (χ2n) is 5.31. The lowest BCUT2D eigenvalue weighted by atomic mass is 10.0. The summed E-state index contributed by atoms with van der Waals surface area (Å²) in [5, 5.41) is 3.44. The van der Waals surface area contributed by atoms with E-state index in [1.807, 2.05) is 0 Å². The molecule has 2 nitrogen and oxygen atoms in total. The van der Waals surface area contributed by atoms with Crippen LogP contribution < -0.4 is 10.1 Å². The molecule has 1 rings (SSSR count). The van der Waals surface area contributed by atoms with Crippen LogP contribution in [0.2, 0.25) is 0 Å². The maximum Gasteiger partial charge on any atom is 0.123 e. The van der Waals surface area contributed by atoms with Gasteiger partial charge < -0.3 is 10.1 Å².